The van der Waals surface area contributed by atoms with E-state index in [1.165, 1.54) is 41.3 Å². The number of fused-ring (bicyclic) bond motifs is 3. The van der Waals surface area contributed by atoms with Crippen LogP contribution in [0.3, 0.4) is 0 Å². The molecule has 0 radical (unpaired) electrons. The molecule has 130 valence electrons. The largest absolute Gasteiger partial charge is 0.289 e. The SMILES string of the molecule is C1=C(c2ccnc3ccccc23)CC2CCCC1N2Cc1ccccc1. The lowest BCUT2D eigenvalue weighted by atomic mass is 9.82. The van der Waals surface area contributed by atoms with Gasteiger partial charge in [0.25, 0.3) is 0 Å². The molecule has 3 aromatic rings. The predicted octanol–water partition coefficient (Wildman–Crippen LogP) is 5.45. The van der Waals surface area contributed by atoms with Gasteiger partial charge in [-0.2, -0.15) is 0 Å². The van der Waals surface area contributed by atoms with E-state index in [1.54, 1.807) is 0 Å². The van der Waals surface area contributed by atoms with Crippen molar-refractivity contribution in [3.8, 4) is 0 Å². The predicted molar refractivity (Wildman–Crippen MR) is 108 cm³/mol. The molecule has 2 nitrogen and oxygen atoms in total. The number of piperidine rings is 1. The van der Waals surface area contributed by atoms with Gasteiger partial charge < -0.3 is 0 Å². The number of hydrogen-bond donors (Lipinski definition) is 0. The molecule has 1 aromatic heterocycles. The van der Waals surface area contributed by atoms with E-state index in [-0.39, 0.29) is 0 Å². The molecule has 2 unspecified atom stereocenters. The average molecular weight is 340 g/mol. The Hall–Kier alpha value is -2.45. The molecule has 2 aliphatic heterocycles. The first kappa shape index (κ1) is 15.8. The number of nitrogens with zero attached hydrogens (tertiary/aromatic N) is 2. The van der Waals surface area contributed by atoms with Crippen LogP contribution in [0.1, 0.15) is 36.8 Å². The molecule has 2 heteroatoms. The summed E-state index contributed by atoms with van der Waals surface area (Å²) in [5.74, 6) is 0. The molecule has 1 saturated heterocycles. The van der Waals surface area contributed by atoms with Crippen LogP contribution in [0, 0.1) is 0 Å². The zero-order chi connectivity index (χ0) is 17.3. The van der Waals surface area contributed by atoms with Crippen LogP contribution >= 0.6 is 0 Å². The summed E-state index contributed by atoms with van der Waals surface area (Å²) in [5.41, 5.74) is 5.42. The Balaban J connectivity index is 1.50. The molecule has 3 heterocycles. The molecule has 2 aliphatic rings. The van der Waals surface area contributed by atoms with Crippen molar-refractivity contribution in [2.75, 3.05) is 0 Å². The first-order chi connectivity index (χ1) is 12.9. The summed E-state index contributed by atoms with van der Waals surface area (Å²) in [4.78, 5) is 7.27. The normalized spacial score (nSPS) is 23.0. The van der Waals surface area contributed by atoms with Gasteiger partial charge in [-0.05, 0) is 48.1 Å². The molecule has 0 amide bonds. The molecular formula is C24H24N2. The van der Waals surface area contributed by atoms with E-state index in [0.717, 1.165) is 18.5 Å². The van der Waals surface area contributed by atoms with Gasteiger partial charge in [-0.15, -0.1) is 0 Å². The maximum Gasteiger partial charge on any atom is 0.0708 e. The van der Waals surface area contributed by atoms with Crippen molar-refractivity contribution in [3.63, 3.8) is 0 Å². The van der Waals surface area contributed by atoms with Crippen LogP contribution in [0.25, 0.3) is 16.5 Å². The number of pyridine rings is 1. The van der Waals surface area contributed by atoms with E-state index in [2.05, 4.69) is 76.6 Å². The van der Waals surface area contributed by atoms with Gasteiger partial charge in [0.2, 0.25) is 0 Å². The first-order valence-corrected chi connectivity index (χ1v) is 9.73. The molecule has 5 rings (SSSR count). The fourth-order valence-corrected chi connectivity index (χ4v) is 4.73. The molecule has 0 aliphatic carbocycles. The van der Waals surface area contributed by atoms with Crippen molar-refractivity contribution < 1.29 is 0 Å². The first-order valence-electron chi connectivity index (χ1n) is 9.73. The minimum atomic E-state index is 0.560. The Kier molecular flexibility index (Phi) is 4.06. The van der Waals surface area contributed by atoms with Crippen molar-refractivity contribution in [2.45, 2.75) is 44.3 Å². The van der Waals surface area contributed by atoms with Gasteiger partial charge in [-0.3, -0.25) is 9.88 Å². The summed E-state index contributed by atoms with van der Waals surface area (Å²) in [6.45, 7) is 1.07. The van der Waals surface area contributed by atoms with E-state index in [9.17, 15) is 0 Å². The molecular weight excluding hydrogens is 316 g/mol. The number of aromatic nitrogens is 1. The quantitative estimate of drug-likeness (QED) is 0.630. The molecule has 0 spiro atoms. The number of hydrogen-bond acceptors (Lipinski definition) is 2. The topological polar surface area (TPSA) is 16.1 Å². The highest BCUT2D eigenvalue weighted by atomic mass is 15.2. The Morgan fingerprint density at radius 1 is 0.923 bits per heavy atom. The van der Waals surface area contributed by atoms with Crippen molar-refractivity contribution in [3.05, 3.63) is 84.1 Å². The van der Waals surface area contributed by atoms with E-state index < -0.39 is 0 Å². The highest BCUT2D eigenvalue weighted by Crippen LogP contribution is 2.39. The molecule has 26 heavy (non-hydrogen) atoms. The second-order valence-corrected chi connectivity index (χ2v) is 7.58. The van der Waals surface area contributed by atoms with E-state index in [1.807, 2.05) is 6.20 Å². The van der Waals surface area contributed by atoms with Gasteiger partial charge in [0.1, 0.15) is 0 Å². The highest BCUT2D eigenvalue weighted by Gasteiger charge is 2.34. The Labute approximate surface area is 155 Å². The third-order valence-corrected chi connectivity index (χ3v) is 5.98. The van der Waals surface area contributed by atoms with Crippen LogP contribution in [0.2, 0.25) is 0 Å². The van der Waals surface area contributed by atoms with E-state index >= 15 is 0 Å². The van der Waals surface area contributed by atoms with Gasteiger partial charge in [-0.25, -0.2) is 0 Å². The smallest absolute Gasteiger partial charge is 0.0708 e. The van der Waals surface area contributed by atoms with Crippen LogP contribution in [0.15, 0.2) is 72.9 Å². The maximum atomic E-state index is 4.54. The van der Waals surface area contributed by atoms with Gasteiger partial charge in [0.15, 0.2) is 0 Å². The molecule has 2 atom stereocenters. The fourth-order valence-electron chi connectivity index (χ4n) is 4.73. The van der Waals surface area contributed by atoms with Crippen molar-refractivity contribution in [1.82, 2.24) is 9.88 Å². The van der Waals surface area contributed by atoms with Crippen molar-refractivity contribution in [2.24, 2.45) is 0 Å². The summed E-state index contributed by atoms with van der Waals surface area (Å²) in [6, 6.07) is 22.9. The van der Waals surface area contributed by atoms with Gasteiger partial charge >= 0.3 is 0 Å². The Bertz CT molecular complexity index is 939. The van der Waals surface area contributed by atoms with Gasteiger partial charge in [0.05, 0.1) is 5.52 Å². The van der Waals surface area contributed by atoms with E-state index in [4.69, 9.17) is 0 Å². The van der Waals surface area contributed by atoms with Gasteiger partial charge in [0, 0.05) is 30.2 Å². The van der Waals surface area contributed by atoms with Crippen LogP contribution in [-0.4, -0.2) is 22.0 Å². The summed E-state index contributed by atoms with van der Waals surface area (Å²) >= 11 is 0. The molecule has 2 bridgehead atoms. The van der Waals surface area contributed by atoms with Crippen LogP contribution in [-0.2, 0) is 6.54 Å². The fraction of sp³-hybridized carbons (Fsp3) is 0.292. The second-order valence-electron chi connectivity index (χ2n) is 7.58. The summed E-state index contributed by atoms with van der Waals surface area (Å²) in [7, 11) is 0. The zero-order valence-electron chi connectivity index (χ0n) is 15.0. The Morgan fingerprint density at radius 2 is 1.77 bits per heavy atom. The third-order valence-electron chi connectivity index (χ3n) is 5.98. The lowest BCUT2D eigenvalue weighted by molar-refractivity contribution is 0.0951. The number of para-hydroxylation sites is 1. The number of rotatable bonds is 3. The van der Waals surface area contributed by atoms with Crippen LogP contribution < -0.4 is 0 Å². The van der Waals surface area contributed by atoms with E-state index in [0.29, 0.717) is 12.1 Å². The Morgan fingerprint density at radius 3 is 2.65 bits per heavy atom. The summed E-state index contributed by atoms with van der Waals surface area (Å²) in [5, 5.41) is 1.29. The zero-order valence-corrected chi connectivity index (χ0v) is 15.0. The van der Waals surface area contributed by atoms with Gasteiger partial charge in [-0.1, -0.05) is 61.0 Å². The lowest BCUT2D eigenvalue weighted by Crippen LogP contribution is -2.47. The van der Waals surface area contributed by atoms with Crippen LogP contribution in [0.4, 0.5) is 0 Å². The van der Waals surface area contributed by atoms with Crippen molar-refractivity contribution in [1.29, 1.82) is 0 Å². The minimum Gasteiger partial charge on any atom is -0.289 e. The monoisotopic (exact) mass is 340 g/mol. The average Bonchev–Trinajstić information content (AvgIpc) is 2.68. The molecule has 0 saturated carbocycles. The standard InChI is InChI=1S/C24H24N2/c1-2-7-18(8-3-1)17-26-20-9-6-10-21(26)16-19(15-20)22-13-14-25-24-12-5-4-11-23(22)24/h1-5,7-8,11-15,20-21H,6,9-10,16-17H2. The highest BCUT2D eigenvalue weighted by molar-refractivity contribution is 5.91. The summed E-state index contributed by atoms with van der Waals surface area (Å²) in [6.07, 6.45) is 9.59. The number of benzene rings is 2. The summed E-state index contributed by atoms with van der Waals surface area (Å²) < 4.78 is 0. The maximum absolute atomic E-state index is 4.54. The van der Waals surface area contributed by atoms with Crippen molar-refractivity contribution >= 4 is 16.5 Å². The molecule has 1 fully saturated rings. The molecule has 2 aromatic carbocycles. The minimum absolute atomic E-state index is 0.560. The molecule has 0 N–H and O–H groups in total. The second kappa shape index (κ2) is 6.69. The lowest BCUT2D eigenvalue weighted by Gasteiger charge is -2.45. The van der Waals surface area contributed by atoms with Crippen LogP contribution in [0.5, 0.6) is 0 Å². The third kappa shape index (κ3) is 2.85.